The largest absolute Gasteiger partial charge is 0.273 e. The lowest BCUT2D eigenvalue weighted by molar-refractivity contribution is -0.130. The first-order valence-corrected chi connectivity index (χ1v) is 6.83. The number of carbonyl (C=O) groups is 1. The van der Waals surface area contributed by atoms with E-state index in [-0.39, 0.29) is 17.8 Å². The van der Waals surface area contributed by atoms with Gasteiger partial charge >= 0.3 is 0 Å². The highest BCUT2D eigenvalue weighted by molar-refractivity contribution is 6.03. The summed E-state index contributed by atoms with van der Waals surface area (Å²) in [6.07, 6.45) is 0.634. The van der Waals surface area contributed by atoms with E-state index < -0.39 is 0 Å². The topological polar surface area (TPSA) is 32.7 Å². The van der Waals surface area contributed by atoms with Gasteiger partial charge in [0.25, 0.3) is 0 Å². The van der Waals surface area contributed by atoms with Crippen LogP contribution in [0.25, 0.3) is 0 Å². The molecule has 1 amide bonds. The summed E-state index contributed by atoms with van der Waals surface area (Å²) in [6, 6.07) is 15.9. The molecule has 0 aromatic heterocycles. The van der Waals surface area contributed by atoms with Crippen LogP contribution in [-0.2, 0) is 4.79 Å². The van der Waals surface area contributed by atoms with Crippen LogP contribution in [0.15, 0.2) is 59.7 Å². The monoisotopic (exact) mass is 282 g/mol. The first-order chi connectivity index (χ1) is 10.1. The molecule has 21 heavy (non-hydrogen) atoms. The molecule has 1 aliphatic heterocycles. The number of hydrogen-bond acceptors (Lipinski definition) is 2. The zero-order chi connectivity index (χ0) is 14.8. The van der Waals surface area contributed by atoms with Crippen LogP contribution in [0.5, 0.6) is 0 Å². The number of rotatable bonds is 2. The number of hydrogen-bond donors (Lipinski definition) is 0. The van der Waals surface area contributed by atoms with Gasteiger partial charge in [-0.15, -0.1) is 0 Å². The van der Waals surface area contributed by atoms with E-state index in [4.69, 9.17) is 0 Å². The molecule has 2 aromatic carbocycles. The highest BCUT2D eigenvalue weighted by atomic mass is 19.1. The van der Waals surface area contributed by atoms with E-state index >= 15 is 0 Å². The Morgan fingerprint density at radius 2 is 1.81 bits per heavy atom. The first kappa shape index (κ1) is 13.5. The van der Waals surface area contributed by atoms with Crippen LogP contribution in [0.1, 0.15) is 30.5 Å². The molecule has 0 unspecified atom stereocenters. The molecule has 106 valence electrons. The van der Waals surface area contributed by atoms with Gasteiger partial charge in [0.05, 0.1) is 11.8 Å². The minimum Gasteiger partial charge on any atom is -0.273 e. The standard InChI is InChI=1S/C17H15FN2O/c1-12(21)20-17(14-7-9-15(18)10-8-14)11-16(19-20)13-5-3-2-4-6-13/h2-10,17H,11H2,1H3/t17-/m0/s1. The lowest BCUT2D eigenvalue weighted by Gasteiger charge is -2.20. The second kappa shape index (κ2) is 5.48. The average Bonchev–Trinajstić information content (AvgIpc) is 2.94. The van der Waals surface area contributed by atoms with Gasteiger partial charge in [-0.05, 0) is 23.3 Å². The molecule has 0 fully saturated rings. The zero-order valence-corrected chi connectivity index (χ0v) is 11.7. The smallest absolute Gasteiger partial charge is 0.240 e. The van der Waals surface area contributed by atoms with Gasteiger partial charge in [-0.1, -0.05) is 42.5 Å². The summed E-state index contributed by atoms with van der Waals surface area (Å²) in [5.41, 5.74) is 2.77. The van der Waals surface area contributed by atoms with Crippen molar-refractivity contribution in [3.05, 3.63) is 71.5 Å². The van der Waals surface area contributed by atoms with Gasteiger partial charge in [-0.25, -0.2) is 9.40 Å². The molecule has 4 heteroatoms. The van der Waals surface area contributed by atoms with Crippen molar-refractivity contribution < 1.29 is 9.18 Å². The van der Waals surface area contributed by atoms with E-state index in [9.17, 15) is 9.18 Å². The number of carbonyl (C=O) groups excluding carboxylic acids is 1. The fraction of sp³-hybridized carbons (Fsp3) is 0.176. The quantitative estimate of drug-likeness (QED) is 0.829. The third kappa shape index (κ3) is 2.70. The van der Waals surface area contributed by atoms with Crippen molar-refractivity contribution in [1.29, 1.82) is 0 Å². The second-order valence-corrected chi connectivity index (χ2v) is 5.05. The van der Waals surface area contributed by atoms with Gasteiger partial charge in [-0.2, -0.15) is 5.10 Å². The van der Waals surface area contributed by atoms with E-state index in [1.54, 1.807) is 12.1 Å². The van der Waals surface area contributed by atoms with E-state index in [0.717, 1.165) is 16.8 Å². The van der Waals surface area contributed by atoms with Crippen LogP contribution < -0.4 is 0 Å². The van der Waals surface area contributed by atoms with Gasteiger partial charge in [0, 0.05) is 13.3 Å². The Hall–Kier alpha value is -2.49. The summed E-state index contributed by atoms with van der Waals surface area (Å²) in [6.45, 7) is 1.49. The fourth-order valence-electron chi connectivity index (χ4n) is 2.55. The Bertz CT molecular complexity index is 680. The van der Waals surface area contributed by atoms with Crippen LogP contribution in [0.4, 0.5) is 4.39 Å². The van der Waals surface area contributed by atoms with Gasteiger partial charge < -0.3 is 0 Å². The molecule has 0 radical (unpaired) electrons. The minimum atomic E-state index is -0.282. The average molecular weight is 282 g/mol. The molecule has 0 N–H and O–H groups in total. The summed E-state index contributed by atoms with van der Waals surface area (Å²) >= 11 is 0. The number of halogens is 1. The molecule has 0 saturated heterocycles. The molecule has 2 aromatic rings. The maximum atomic E-state index is 13.1. The second-order valence-electron chi connectivity index (χ2n) is 5.05. The summed E-state index contributed by atoms with van der Waals surface area (Å²) in [5, 5.41) is 5.93. The molecule has 3 rings (SSSR count). The number of nitrogens with zero attached hydrogens (tertiary/aromatic N) is 2. The maximum absolute atomic E-state index is 13.1. The highest BCUT2D eigenvalue weighted by Gasteiger charge is 2.31. The third-order valence-corrected chi connectivity index (χ3v) is 3.59. The Morgan fingerprint density at radius 3 is 2.43 bits per heavy atom. The Balaban J connectivity index is 1.93. The number of amides is 1. The summed E-state index contributed by atoms with van der Waals surface area (Å²) in [7, 11) is 0. The Labute approximate surface area is 122 Å². The molecular weight excluding hydrogens is 267 g/mol. The molecule has 3 nitrogen and oxygen atoms in total. The van der Waals surface area contributed by atoms with E-state index in [1.165, 1.54) is 24.1 Å². The Kier molecular flexibility index (Phi) is 3.52. The molecule has 0 saturated carbocycles. The molecule has 1 heterocycles. The number of benzene rings is 2. The lowest BCUT2D eigenvalue weighted by Crippen LogP contribution is -2.24. The van der Waals surface area contributed by atoms with Gasteiger partial charge in [-0.3, -0.25) is 4.79 Å². The maximum Gasteiger partial charge on any atom is 0.240 e. The van der Waals surface area contributed by atoms with E-state index in [0.29, 0.717) is 6.42 Å². The highest BCUT2D eigenvalue weighted by Crippen LogP contribution is 2.32. The van der Waals surface area contributed by atoms with Crippen LogP contribution >= 0.6 is 0 Å². The van der Waals surface area contributed by atoms with Crippen molar-refractivity contribution >= 4 is 11.6 Å². The van der Waals surface area contributed by atoms with Crippen molar-refractivity contribution in [3.63, 3.8) is 0 Å². The lowest BCUT2D eigenvalue weighted by atomic mass is 9.98. The Morgan fingerprint density at radius 1 is 1.14 bits per heavy atom. The van der Waals surface area contributed by atoms with Crippen molar-refractivity contribution in [2.75, 3.05) is 0 Å². The van der Waals surface area contributed by atoms with Gasteiger partial charge in [0.15, 0.2) is 0 Å². The summed E-state index contributed by atoms with van der Waals surface area (Å²) < 4.78 is 13.1. The normalized spacial score (nSPS) is 17.7. The molecule has 1 aliphatic rings. The summed E-state index contributed by atoms with van der Waals surface area (Å²) in [5.74, 6) is -0.398. The predicted octanol–water partition coefficient (Wildman–Crippen LogP) is 3.52. The van der Waals surface area contributed by atoms with E-state index in [2.05, 4.69) is 5.10 Å². The van der Waals surface area contributed by atoms with Crippen molar-refractivity contribution in [2.45, 2.75) is 19.4 Å². The summed E-state index contributed by atoms with van der Waals surface area (Å²) in [4.78, 5) is 11.8. The molecule has 1 atom stereocenters. The van der Waals surface area contributed by atoms with Gasteiger partial charge in [0.1, 0.15) is 5.82 Å². The van der Waals surface area contributed by atoms with Crippen LogP contribution in [-0.4, -0.2) is 16.6 Å². The van der Waals surface area contributed by atoms with E-state index in [1.807, 2.05) is 30.3 Å². The fourth-order valence-corrected chi connectivity index (χ4v) is 2.55. The van der Waals surface area contributed by atoms with Gasteiger partial charge in [0.2, 0.25) is 5.91 Å². The molecule has 0 spiro atoms. The molecule has 0 bridgehead atoms. The number of hydrazone groups is 1. The van der Waals surface area contributed by atoms with Crippen LogP contribution in [0.3, 0.4) is 0 Å². The van der Waals surface area contributed by atoms with Crippen molar-refractivity contribution in [2.24, 2.45) is 5.10 Å². The molecular formula is C17H15FN2O. The molecule has 0 aliphatic carbocycles. The minimum absolute atomic E-state index is 0.116. The van der Waals surface area contributed by atoms with Crippen LogP contribution in [0.2, 0.25) is 0 Å². The third-order valence-electron chi connectivity index (χ3n) is 3.59. The van der Waals surface area contributed by atoms with Crippen molar-refractivity contribution in [3.8, 4) is 0 Å². The zero-order valence-electron chi connectivity index (χ0n) is 11.7. The van der Waals surface area contributed by atoms with Crippen molar-refractivity contribution in [1.82, 2.24) is 5.01 Å². The first-order valence-electron chi connectivity index (χ1n) is 6.83. The predicted molar refractivity (Wildman–Crippen MR) is 79.3 cm³/mol. The van der Waals surface area contributed by atoms with Crippen LogP contribution in [0, 0.1) is 5.82 Å². The SMILES string of the molecule is CC(=O)N1N=C(c2ccccc2)C[C@H]1c1ccc(F)cc1.